The minimum atomic E-state index is -0.315. The second-order valence-corrected chi connectivity index (χ2v) is 6.22. The number of hydrogen-bond donors (Lipinski definition) is 1. The Bertz CT molecular complexity index is 877. The summed E-state index contributed by atoms with van der Waals surface area (Å²) in [6, 6.07) is 7.52. The van der Waals surface area contributed by atoms with Crippen LogP contribution in [0.2, 0.25) is 10.0 Å². The standard InChI is InChI=1S/C17H14Cl2FN3O/c18-12-8-15(19)17-22-14(10-23(17)9-12)5-6-21-16(24)7-11-1-3-13(20)4-2-11/h1-4,8-10H,5-7H2,(H,21,24). The molecule has 0 aliphatic carbocycles. The first-order chi connectivity index (χ1) is 11.5. The minimum Gasteiger partial charge on any atom is -0.355 e. The van der Waals surface area contributed by atoms with Gasteiger partial charge in [-0.2, -0.15) is 0 Å². The Balaban J connectivity index is 1.55. The van der Waals surface area contributed by atoms with E-state index in [9.17, 15) is 9.18 Å². The Labute approximate surface area is 148 Å². The molecular formula is C17H14Cl2FN3O. The van der Waals surface area contributed by atoms with E-state index in [-0.39, 0.29) is 18.1 Å². The summed E-state index contributed by atoms with van der Waals surface area (Å²) in [7, 11) is 0. The molecule has 4 nitrogen and oxygen atoms in total. The SMILES string of the molecule is O=C(Cc1ccc(F)cc1)NCCc1cn2cc(Cl)cc(Cl)c2n1. The summed E-state index contributed by atoms with van der Waals surface area (Å²) in [6.45, 7) is 0.454. The molecule has 0 atom stereocenters. The second kappa shape index (κ2) is 7.20. The smallest absolute Gasteiger partial charge is 0.224 e. The van der Waals surface area contributed by atoms with Crippen LogP contribution in [0.15, 0.2) is 42.7 Å². The first-order valence-corrected chi connectivity index (χ1v) is 8.10. The fraction of sp³-hybridized carbons (Fsp3) is 0.176. The largest absolute Gasteiger partial charge is 0.355 e. The summed E-state index contributed by atoms with van der Waals surface area (Å²) in [5.74, 6) is -0.434. The molecule has 3 rings (SSSR count). The minimum absolute atomic E-state index is 0.119. The van der Waals surface area contributed by atoms with Crippen LogP contribution in [-0.2, 0) is 17.6 Å². The topological polar surface area (TPSA) is 46.4 Å². The van der Waals surface area contributed by atoms with E-state index in [2.05, 4.69) is 10.3 Å². The maximum absolute atomic E-state index is 12.8. The number of pyridine rings is 1. The lowest BCUT2D eigenvalue weighted by atomic mass is 10.1. The number of amides is 1. The predicted molar refractivity (Wildman–Crippen MR) is 92.0 cm³/mol. The van der Waals surface area contributed by atoms with Crippen molar-refractivity contribution in [2.24, 2.45) is 0 Å². The third-order valence-electron chi connectivity index (χ3n) is 3.50. The van der Waals surface area contributed by atoms with Crippen LogP contribution in [0.4, 0.5) is 4.39 Å². The number of halogens is 3. The van der Waals surface area contributed by atoms with Crippen molar-refractivity contribution in [2.75, 3.05) is 6.54 Å². The molecule has 0 saturated heterocycles. The summed E-state index contributed by atoms with van der Waals surface area (Å²) in [5.41, 5.74) is 2.21. The van der Waals surface area contributed by atoms with Crippen molar-refractivity contribution in [3.63, 3.8) is 0 Å². The van der Waals surface area contributed by atoms with Crippen LogP contribution in [0.25, 0.3) is 5.65 Å². The normalized spacial score (nSPS) is 11.0. The zero-order valence-electron chi connectivity index (χ0n) is 12.6. The highest BCUT2D eigenvalue weighted by Gasteiger charge is 2.08. The Morgan fingerprint density at radius 3 is 2.71 bits per heavy atom. The van der Waals surface area contributed by atoms with Gasteiger partial charge in [0.2, 0.25) is 5.91 Å². The molecule has 2 aromatic heterocycles. The highest BCUT2D eigenvalue weighted by Crippen LogP contribution is 2.21. The summed E-state index contributed by atoms with van der Waals surface area (Å²) in [4.78, 5) is 16.3. The highest BCUT2D eigenvalue weighted by molar-refractivity contribution is 6.36. The lowest BCUT2D eigenvalue weighted by molar-refractivity contribution is -0.120. The molecule has 0 aliphatic heterocycles. The average molecular weight is 366 g/mol. The van der Waals surface area contributed by atoms with Crippen molar-refractivity contribution in [3.05, 3.63) is 69.8 Å². The van der Waals surface area contributed by atoms with E-state index in [0.717, 1.165) is 11.3 Å². The Morgan fingerprint density at radius 1 is 1.21 bits per heavy atom. The van der Waals surface area contributed by atoms with Gasteiger partial charge < -0.3 is 9.72 Å². The lowest BCUT2D eigenvalue weighted by Crippen LogP contribution is -2.27. The van der Waals surface area contributed by atoms with Gasteiger partial charge >= 0.3 is 0 Å². The fourth-order valence-electron chi connectivity index (χ4n) is 2.38. The van der Waals surface area contributed by atoms with Crippen molar-refractivity contribution >= 4 is 34.8 Å². The van der Waals surface area contributed by atoms with Gasteiger partial charge in [0.25, 0.3) is 0 Å². The van der Waals surface area contributed by atoms with E-state index in [1.807, 2.05) is 6.20 Å². The summed E-state index contributed by atoms with van der Waals surface area (Å²) in [6.07, 6.45) is 4.35. The number of carbonyl (C=O) groups excluding carboxylic acids is 1. The maximum atomic E-state index is 12.8. The molecule has 1 amide bonds. The third kappa shape index (κ3) is 4.04. The Hall–Kier alpha value is -2.11. The van der Waals surface area contributed by atoms with Crippen molar-refractivity contribution in [2.45, 2.75) is 12.8 Å². The molecule has 0 saturated carbocycles. The lowest BCUT2D eigenvalue weighted by Gasteiger charge is -2.04. The van der Waals surface area contributed by atoms with Crippen molar-refractivity contribution in [1.82, 2.24) is 14.7 Å². The van der Waals surface area contributed by atoms with E-state index in [0.29, 0.717) is 28.7 Å². The number of imidazole rings is 1. The number of fused-ring (bicyclic) bond motifs is 1. The van der Waals surface area contributed by atoms with Gasteiger partial charge in [0, 0.05) is 25.4 Å². The Morgan fingerprint density at radius 2 is 1.96 bits per heavy atom. The van der Waals surface area contributed by atoms with Crippen LogP contribution in [0.3, 0.4) is 0 Å². The molecule has 1 N–H and O–H groups in total. The Kier molecular flexibility index (Phi) is 5.02. The van der Waals surface area contributed by atoms with Gasteiger partial charge in [0.1, 0.15) is 5.82 Å². The third-order valence-corrected chi connectivity index (χ3v) is 3.99. The second-order valence-electron chi connectivity index (χ2n) is 5.37. The van der Waals surface area contributed by atoms with E-state index < -0.39 is 0 Å². The van der Waals surface area contributed by atoms with Gasteiger partial charge in [-0.1, -0.05) is 35.3 Å². The number of rotatable bonds is 5. The van der Waals surface area contributed by atoms with E-state index in [1.165, 1.54) is 12.1 Å². The number of benzene rings is 1. The van der Waals surface area contributed by atoms with Gasteiger partial charge in [-0.05, 0) is 23.8 Å². The number of carbonyl (C=O) groups is 1. The van der Waals surface area contributed by atoms with Gasteiger partial charge in [0.05, 0.1) is 22.2 Å². The van der Waals surface area contributed by atoms with Crippen molar-refractivity contribution < 1.29 is 9.18 Å². The molecule has 1 aromatic carbocycles. The zero-order chi connectivity index (χ0) is 17.1. The first-order valence-electron chi connectivity index (χ1n) is 7.35. The van der Waals surface area contributed by atoms with Crippen molar-refractivity contribution in [3.8, 4) is 0 Å². The molecule has 2 heterocycles. The van der Waals surface area contributed by atoms with E-state index in [4.69, 9.17) is 23.2 Å². The van der Waals surface area contributed by atoms with E-state index >= 15 is 0 Å². The van der Waals surface area contributed by atoms with Crippen LogP contribution >= 0.6 is 23.2 Å². The molecule has 0 spiro atoms. The molecule has 124 valence electrons. The van der Waals surface area contributed by atoms with E-state index in [1.54, 1.807) is 28.8 Å². The van der Waals surface area contributed by atoms with Crippen LogP contribution in [0, 0.1) is 5.82 Å². The van der Waals surface area contributed by atoms with Crippen LogP contribution in [0.5, 0.6) is 0 Å². The highest BCUT2D eigenvalue weighted by atomic mass is 35.5. The average Bonchev–Trinajstić information content (AvgIpc) is 2.92. The molecule has 0 unspecified atom stereocenters. The molecule has 24 heavy (non-hydrogen) atoms. The zero-order valence-corrected chi connectivity index (χ0v) is 14.1. The number of nitrogens with one attached hydrogen (secondary N) is 1. The number of aromatic nitrogens is 2. The molecule has 0 aliphatic rings. The summed E-state index contributed by atoms with van der Waals surface area (Å²) < 4.78 is 14.6. The van der Waals surface area contributed by atoms with Gasteiger partial charge in [0.15, 0.2) is 5.65 Å². The maximum Gasteiger partial charge on any atom is 0.224 e. The first kappa shape index (κ1) is 16.7. The molecular weight excluding hydrogens is 352 g/mol. The predicted octanol–water partition coefficient (Wildman–Crippen LogP) is 3.68. The molecule has 0 radical (unpaired) electrons. The fourth-order valence-corrected chi connectivity index (χ4v) is 2.90. The van der Waals surface area contributed by atoms with Crippen molar-refractivity contribution in [1.29, 1.82) is 0 Å². The summed E-state index contributed by atoms with van der Waals surface area (Å²) >= 11 is 12.0. The van der Waals surface area contributed by atoms with Gasteiger partial charge in [-0.3, -0.25) is 4.79 Å². The summed E-state index contributed by atoms with van der Waals surface area (Å²) in [5, 5.41) is 3.84. The number of hydrogen-bond acceptors (Lipinski definition) is 2. The van der Waals surface area contributed by atoms with Crippen LogP contribution in [-0.4, -0.2) is 21.8 Å². The molecule has 7 heteroatoms. The monoisotopic (exact) mass is 365 g/mol. The van der Waals surface area contributed by atoms with Crippen LogP contribution in [0.1, 0.15) is 11.3 Å². The van der Waals surface area contributed by atoms with Gasteiger partial charge in [-0.15, -0.1) is 0 Å². The van der Waals surface area contributed by atoms with Crippen LogP contribution < -0.4 is 5.32 Å². The molecule has 0 fully saturated rings. The number of nitrogens with zero attached hydrogens (tertiary/aromatic N) is 2. The van der Waals surface area contributed by atoms with Gasteiger partial charge in [-0.25, -0.2) is 9.37 Å². The quantitative estimate of drug-likeness (QED) is 0.749. The molecule has 0 bridgehead atoms. The molecule has 3 aromatic rings.